The van der Waals surface area contributed by atoms with Gasteiger partial charge in [0.05, 0.1) is 12.4 Å². The Hall–Kier alpha value is -0.870. The molecule has 1 heterocycles. The lowest BCUT2D eigenvalue weighted by Gasteiger charge is -2.19. The van der Waals surface area contributed by atoms with Crippen molar-refractivity contribution in [3.63, 3.8) is 0 Å². The van der Waals surface area contributed by atoms with Crippen molar-refractivity contribution < 1.29 is 4.74 Å². The molecule has 4 heteroatoms. The zero-order valence-electron chi connectivity index (χ0n) is 10.5. The van der Waals surface area contributed by atoms with E-state index in [1.807, 2.05) is 18.7 Å². The summed E-state index contributed by atoms with van der Waals surface area (Å²) in [7, 11) is 1.75. The van der Waals surface area contributed by atoms with E-state index in [0.717, 1.165) is 13.1 Å². The molecule has 0 radical (unpaired) electrons. The van der Waals surface area contributed by atoms with Gasteiger partial charge >= 0.3 is 0 Å². The molecule has 1 aromatic rings. The SMILES string of the molecule is COC(C)C(C)NCCCCn1ccnc1. The average Bonchev–Trinajstić information content (AvgIpc) is 2.80. The molecule has 0 aliphatic heterocycles. The van der Waals surface area contributed by atoms with Crippen molar-refractivity contribution in [1.29, 1.82) is 0 Å². The van der Waals surface area contributed by atoms with E-state index in [1.165, 1.54) is 12.8 Å². The fourth-order valence-corrected chi connectivity index (χ4v) is 1.54. The maximum absolute atomic E-state index is 5.25. The Morgan fingerprint density at radius 1 is 1.38 bits per heavy atom. The third-order valence-electron chi connectivity index (χ3n) is 2.94. The van der Waals surface area contributed by atoms with Gasteiger partial charge in [-0.3, -0.25) is 0 Å². The molecular weight excluding hydrogens is 202 g/mol. The molecule has 0 amide bonds. The highest BCUT2D eigenvalue weighted by Crippen LogP contribution is 1.98. The van der Waals surface area contributed by atoms with Crippen molar-refractivity contribution in [3.05, 3.63) is 18.7 Å². The molecule has 16 heavy (non-hydrogen) atoms. The number of nitrogens with one attached hydrogen (secondary N) is 1. The summed E-state index contributed by atoms with van der Waals surface area (Å²) in [6.45, 7) is 6.34. The van der Waals surface area contributed by atoms with Crippen molar-refractivity contribution in [1.82, 2.24) is 14.9 Å². The van der Waals surface area contributed by atoms with Crippen LogP contribution in [-0.2, 0) is 11.3 Å². The quantitative estimate of drug-likeness (QED) is 0.684. The van der Waals surface area contributed by atoms with Crippen LogP contribution in [0.2, 0.25) is 0 Å². The van der Waals surface area contributed by atoms with Crippen LogP contribution >= 0.6 is 0 Å². The first-order valence-corrected chi connectivity index (χ1v) is 5.96. The number of aromatic nitrogens is 2. The lowest BCUT2D eigenvalue weighted by Crippen LogP contribution is -2.37. The van der Waals surface area contributed by atoms with Crippen LogP contribution in [0.5, 0.6) is 0 Å². The molecule has 0 saturated heterocycles. The normalized spacial score (nSPS) is 14.9. The predicted molar refractivity (Wildman–Crippen MR) is 65.4 cm³/mol. The van der Waals surface area contributed by atoms with E-state index in [1.54, 1.807) is 7.11 Å². The van der Waals surface area contributed by atoms with E-state index in [9.17, 15) is 0 Å². The van der Waals surface area contributed by atoms with Crippen LogP contribution in [0.4, 0.5) is 0 Å². The smallest absolute Gasteiger partial charge is 0.0945 e. The van der Waals surface area contributed by atoms with E-state index >= 15 is 0 Å². The van der Waals surface area contributed by atoms with Gasteiger partial charge in [0.15, 0.2) is 0 Å². The Labute approximate surface area is 98.0 Å². The van der Waals surface area contributed by atoms with E-state index in [0.29, 0.717) is 6.04 Å². The highest BCUT2D eigenvalue weighted by Gasteiger charge is 2.08. The van der Waals surface area contributed by atoms with Gasteiger partial charge in [-0.15, -0.1) is 0 Å². The maximum Gasteiger partial charge on any atom is 0.0945 e. The van der Waals surface area contributed by atoms with Gasteiger partial charge in [0, 0.05) is 32.1 Å². The van der Waals surface area contributed by atoms with Gasteiger partial charge in [-0.1, -0.05) is 0 Å². The highest BCUT2D eigenvalue weighted by atomic mass is 16.5. The number of methoxy groups -OCH3 is 1. The molecule has 4 nitrogen and oxygen atoms in total. The van der Waals surface area contributed by atoms with E-state index in [-0.39, 0.29) is 6.10 Å². The summed E-state index contributed by atoms with van der Waals surface area (Å²) in [5, 5.41) is 3.46. The van der Waals surface area contributed by atoms with Gasteiger partial charge in [-0.05, 0) is 33.2 Å². The number of ether oxygens (including phenoxy) is 1. The van der Waals surface area contributed by atoms with Gasteiger partial charge in [0.25, 0.3) is 0 Å². The zero-order valence-corrected chi connectivity index (χ0v) is 10.5. The summed E-state index contributed by atoms with van der Waals surface area (Å²) < 4.78 is 7.37. The first-order chi connectivity index (χ1) is 7.74. The number of nitrogens with zero attached hydrogens (tertiary/aromatic N) is 2. The van der Waals surface area contributed by atoms with Gasteiger partial charge in [0.1, 0.15) is 0 Å². The molecule has 1 rings (SSSR count). The van der Waals surface area contributed by atoms with Crippen LogP contribution in [0, 0.1) is 0 Å². The Morgan fingerprint density at radius 2 is 2.19 bits per heavy atom. The Kier molecular flexibility index (Phi) is 6.11. The first-order valence-electron chi connectivity index (χ1n) is 5.96. The molecule has 92 valence electrons. The van der Waals surface area contributed by atoms with Gasteiger partial charge in [0.2, 0.25) is 0 Å². The van der Waals surface area contributed by atoms with Crippen LogP contribution in [0.3, 0.4) is 0 Å². The number of imidazole rings is 1. The molecule has 0 aliphatic rings. The van der Waals surface area contributed by atoms with Crippen molar-refractivity contribution in [2.75, 3.05) is 13.7 Å². The summed E-state index contributed by atoms with van der Waals surface area (Å²) >= 11 is 0. The minimum Gasteiger partial charge on any atom is -0.380 e. The summed E-state index contributed by atoms with van der Waals surface area (Å²) in [6.07, 6.45) is 8.32. The minimum atomic E-state index is 0.272. The van der Waals surface area contributed by atoms with Crippen molar-refractivity contribution in [2.45, 2.75) is 45.4 Å². The Balaban J connectivity index is 1.99. The fraction of sp³-hybridized carbons (Fsp3) is 0.750. The van der Waals surface area contributed by atoms with E-state index in [4.69, 9.17) is 4.74 Å². The minimum absolute atomic E-state index is 0.272. The second-order valence-electron chi connectivity index (χ2n) is 4.19. The molecule has 0 spiro atoms. The van der Waals surface area contributed by atoms with Crippen LogP contribution in [0.15, 0.2) is 18.7 Å². The van der Waals surface area contributed by atoms with Crippen LogP contribution < -0.4 is 5.32 Å². The van der Waals surface area contributed by atoms with E-state index < -0.39 is 0 Å². The lowest BCUT2D eigenvalue weighted by molar-refractivity contribution is 0.0887. The number of aryl methyl sites for hydroxylation is 1. The molecule has 2 atom stereocenters. The predicted octanol–water partition coefficient (Wildman–Crippen LogP) is 1.68. The monoisotopic (exact) mass is 225 g/mol. The van der Waals surface area contributed by atoms with Crippen molar-refractivity contribution >= 4 is 0 Å². The molecule has 0 aromatic carbocycles. The Morgan fingerprint density at radius 3 is 2.81 bits per heavy atom. The van der Waals surface area contributed by atoms with Gasteiger partial charge in [-0.25, -0.2) is 4.98 Å². The fourth-order valence-electron chi connectivity index (χ4n) is 1.54. The van der Waals surface area contributed by atoms with Gasteiger partial charge in [-0.2, -0.15) is 0 Å². The van der Waals surface area contributed by atoms with Crippen LogP contribution in [-0.4, -0.2) is 35.4 Å². The van der Waals surface area contributed by atoms with Crippen molar-refractivity contribution in [2.24, 2.45) is 0 Å². The largest absolute Gasteiger partial charge is 0.380 e. The topological polar surface area (TPSA) is 39.1 Å². The molecular formula is C12H23N3O. The molecule has 0 aliphatic carbocycles. The molecule has 0 fully saturated rings. The number of hydrogen-bond donors (Lipinski definition) is 1. The first kappa shape index (κ1) is 13.2. The van der Waals surface area contributed by atoms with E-state index in [2.05, 4.69) is 28.7 Å². The standard InChI is InChI=1S/C12H23N3O/c1-11(12(2)16-3)14-6-4-5-8-15-9-7-13-10-15/h7,9-12,14H,4-6,8H2,1-3H3. The van der Waals surface area contributed by atoms with Crippen LogP contribution in [0.1, 0.15) is 26.7 Å². The lowest BCUT2D eigenvalue weighted by atomic mass is 10.2. The average molecular weight is 225 g/mol. The third kappa shape index (κ3) is 4.77. The summed E-state index contributed by atoms with van der Waals surface area (Å²) in [6, 6.07) is 0.415. The van der Waals surface area contributed by atoms with Gasteiger partial charge < -0.3 is 14.6 Å². The Bertz CT molecular complexity index is 261. The number of rotatable bonds is 8. The molecule has 1 aromatic heterocycles. The summed E-state index contributed by atoms with van der Waals surface area (Å²) in [5.74, 6) is 0. The highest BCUT2D eigenvalue weighted by molar-refractivity contribution is 4.74. The maximum atomic E-state index is 5.25. The van der Waals surface area contributed by atoms with Crippen LogP contribution in [0.25, 0.3) is 0 Å². The number of hydrogen-bond acceptors (Lipinski definition) is 3. The second kappa shape index (κ2) is 7.41. The molecule has 2 unspecified atom stereocenters. The summed E-state index contributed by atoms with van der Waals surface area (Å²) in [5.41, 5.74) is 0. The molecule has 0 saturated carbocycles. The number of unbranched alkanes of at least 4 members (excludes halogenated alkanes) is 1. The third-order valence-corrected chi connectivity index (χ3v) is 2.94. The molecule has 0 bridgehead atoms. The van der Waals surface area contributed by atoms with Crippen molar-refractivity contribution in [3.8, 4) is 0 Å². The molecule has 1 N–H and O–H groups in total. The zero-order chi connectivity index (χ0) is 11.8. The second-order valence-corrected chi connectivity index (χ2v) is 4.19. The summed E-state index contributed by atoms with van der Waals surface area (Å²) in [4.78, 5) is 4.01.